The number of benzene rings is 1. The van der Waals surface area contributed by atoms with Crippen LogP contribution >= 0.6 is 15.9 Å². The van der Waals surface area contributed by atoms with Crippen molar-refractivity contribution in [2.75, 3.05) is 0 Å². The van der Waals surface area contributed by atoms with Gasteiger partial charge in [0, 0.05) is 10.5 Å². The molecule has 100 valence electrons. The van der Waals surface area contributed by atoms with E-state index in [-0.39, 0.29) is 12.3 Å². The molecule has 19 heavy (non-hydrogen) atoms. The van der Waals surface area contributed by atoms with Crippen LogP contribution in [0.5, 0.6) is 5.75 Å². The van der Waals surface area contributed by atoms with Gasteiger partial charge in [-0.3, -0.25) is 10.2 Å². The molecule has 0 unspecified atom stereocenters. The number of hydrogen-bond donors (Lipinski definition) is 2. The molecule has 0 saturated carbocycles. The minimum absolute atomic E-state index is 0.118. The van der Waals surface area contributed by atoms with Crippen LogP contribution in [-0.4, -0.2) is 11.1 Å². The molecule has 3 N–H and O–H groups in total. The smallest absolute Gasteiger partial charge is 0.287 e. The van der Waals surface area contributed by atoms with Gasteiger partial charge in [-0.15, -0.1) is 0 Å². The van der Waals surface area contributed by atoms with Gasteiger partial charge in [-0.2, -0.15) is 0 Å². The van der Waals surface area contributed by atoms with Gasteiger partial charge in [0.1, 0.15) is 12.4 Å². The van der Waals surface area contributed by atoms with Crippen LogP contribution in [-0.2, 0) is 6.61 Å². The third kappa shape index (κ3) is 3.33. The Bertz CT molecular complexity index is 598. The van der Waals surface area contributed by atoms with E-state index in [0.29, 0.717) is 5.76 Å². The van der Waals surface area contributed by atoms with E-state index in [1.54, 1.807) is 0 Å². The Morgan fingerprint density at radius 1 is 1.53 bits per heavy atom. The highest BCUT2D eigenvalue weighted by atomic mass is 79.9. The predicted molar refractivity (Wildman–Crippen MR) is 71.4 cm³/mol. The average molecular weight is 326 g/mol. The van der Waals surface area contributed by atoms with Crippen molar-refractivity contribution in [1.82, 2.24) is 10.6 Å². The molecule has 1 heterocycles. The number of hydrogen-bond acceptors (Lipinski definition) is 5. The molecule has 1 amide bonds. The van der Waals surface area contributed by atoms with Crippen LogP contribution < -0.4 is 16.0 Å². The molecular formula is C12H12BrN3O3. The molecule has 0 aliphatic heterocycles. The molecule has 7 heteroatoms. The van der Waals surface area contributed by atoms with Crippen LogP contribution in [0, 0.1) is 6.92 Å². The van der Waals surface area contributed by atoms with Gasteiger partial charge in [0.05, 0.1) is 0 Å². The third-order valence-corrected chi connectivity index (χ3v) is 2.94. The van der Waals surface area contributed by atoms with Crippen LogP contribution in [0.25, 0.3) is 0 Å². The van der Waals surface area contributed by atoms with E-state index in [4.69, 9.17) is 15.1 Å². The SMILES string of the molecule is Cc1ccc(Br)cc1OCc1cc(C(=O)NN)no1. The highest BCUT2D eigenvalue weighted by Gasteiger charge is 2.11. The number of amides is 1. The molecule has 1 aromatic heterocycles. The maximum atomic E-state index is 11.2. The number of nitrogens with two attached hydrogens (primary N) is 1. The van der Waals surface area contributed by atoms with E-state index >= 15 is 0 Å². The lowest BCUT2D eigenvalue weighted by Gasteiger charge is -2.07. The first-order chi connectivity index (χ1) is 9.10. The van der Waals surface area contributed by atoms with E-state index in [0.717, 1.165) is 15.8 Å². The number of nitrogens with one attached hydrogen (secondary N) is 1. The summed E-state index contributed by atoms with van der Waals surface area (Å²) < 4.78 is 11.5. The lowest BCUT2D eigenvalue weighted by molar-refractivity contribution is 0.0944. The number of aryl methyl sites for hydroxylation is 1. The Kier molecular flexibility index (Phi) is 4.18. The molecule has 0 saturated heterocycles. The minimum atomic E-state index is -0.506. The zero-order valence-electron chi connectivity index (χ0n) is 10.1. The lowest BCUT2D eigenvalue weighted by Crippen LogP contribution is -2.30. The van der Waals surface area contributed by atoms with Crippen molar-refractivity contribution in [3.8, 4) is 5.75 Å². The zero-order chi connectivity index (χ0) is 13.8. The van der Waals surface area contributed by atoms with Crippen molar-refractivity contribution in [3.63, 3.8) is 0 Å². The van der Waals surface area contributed by atoms with Gasteiger partial charge < -0.3 is 9.26 Å². The van der Waals surface area contributed by atoms with Crippen LogP contribution in [0.4, 0.5) is 0 Å². The summed E-state index contributed by atoms with van der Waals surface area (Å²) in [6.45, 7) is 2.12. The van der Waals surface area contributed by atoms with Gasteiger partial charge in [-0.05, 0) is 24.6 Å². The summed E-state index contributed by atoms with van der Waals surface area (Å²) >= 11 is 3.37. The van der Waals surface area contributed by atoms with E-state index in [1.165, 1.54) is 6.07 Å². The van der Waals surface area contributed by atoms with Crippen LogP contribution in [0.15, 0.2) is 33.3 Å². The Hall–Kier alpha value is -1.86. The Morgan fingerprint density at radius 2 is 2.32 bits per heavy atom. The fourth-order valence-corrected chi connectivity index (χ4v) is 1.78. The summed E-state index contributed by atoms with van der Waals surface area (Å²) in [5.74, 6) is 5.67. The molecule has 0 atom stereocenters. The number of ether oxygens (including phenoxy) is 1. The van der Waals surface area contributed by atoms with Crippen molar-refractivity contribution in [1.29, 1.82) is 0 Å². The quantitative estimate of drug-likeness (QED) is 0.509. The molecule has 6 nitrogen and oxygen atoms in total. The van der Waals surface area contributed by atoms with Gasteiger partial charge in [0.15, 0.2) is 11.5 Å². The average Bonchev–Trinajstić information content (AvgIpc) is 2.88. The molecule has 0 radical (unpaired) electrons. The summed E-state index contributed by atoms with van der Waals surface area (Å²) in [6, 6.07) is 7.21. The number of halogens is 1. The van der Waals surface area contributed by atoms with Crippen molar-refractivity contribution in [3.05, 3.63) is 45.8 Å². The number of aromatic nitrogens is 1. The largest absolute Gasteiger partial charge is 0.485 e. The third-order valence-electron chi connectivity index (χ3n) is 2.44. The first-order valence-corrected chi connectivity index (χ1v) is 6.25. The highest BCUT2D eigenvalue weighted by molar-refractivity contribution is 9.10. The topological polar surface area (TPSA) is 90.4 Å². The normalized spacial score (nSPS) is 10.3. The van der Waals surface area contributed by atoms with Crippen molar-refractivity contribution in [2.45, 2.75) is 13.5 Å². The molecular weight excluding hydrogens is 314 g/mol. The Balaban J connectivity index is 2.04. The molecule has 2 rings (SSSR count). The van der Waals surface area contributed by atoms with Crippen molar-refractivity contribution < 1.29 is 14.1 Å². The van der Waals surface area contributed by atoms with Gasteiger partial charge in [-0.1, -0.05) is 27.2 Å². The Labute approximate surface area is 118 Å². The molecule has 1 aromatic carbocycles. The maximum absolute atomic E-state index is 11.2. The van der Waals surface area contributed by atoms with Crippen LogP contribution in [0.3, 0.4) is 0 Å². The Morgan fingerprint density at radius 3 is 3.05 bits per heavy atom. The molecule has 0 fully saturated rings. The molecule has 0 aliphatic rings. The van der Waals surface area contributed by atoms with Crippen LogP contribution in [0.1, 0.15) is 21.8 Å². The van der Waals surface area contributed by atoms with E-state index in [9.17, 15) is 4.79 Å². The minimum Gasteiger partial charge on any atom is -0.485 e. The number of nitrogen functional groups attached to an aromatic ring is 1. The van der Waals surface area contributed by atoms with E-state index in [2.05, 4.69) is 21.1 Å². The number of rotatable bonds is 4. The van der Waals surface area contributed by atoms with Gasteiger partial charge >= 0.3 is 0 Å². The highest BCUT2D eigenvalue weighted by Crippen LogP contribution is 2.23. The summed E-state index contributed by atoms with van der Waals surface area (Å²) in [5.41, 5.74) is 3.10. The van der Waals surface area contributed by atoms with Crippen LogP contribution in [0.2, 0.25) is 0 Å². The molecule has 2 aromatic rings. The summed E-state index contributed by atoms with van der Waals surface area (Å²) in [7, 11) is 0. The second-order valence-corrected chi connectivity index (χ2v) is 4.77. The number of hydrazine groups is 1. The number of carbonyl (C=O) groups excluding carboxylic acids is 1. The number of carbonyl (C=O) groups is 1. The van der Waals surface area contributed by atoms with Gasteiger partial charge in [-0.25, -0.2) is 5.84 Å². The summed E-state index contributed by atoms with van der Waals surface area (Å²) in [5, 5.41) is 3.58. The predicted octanol–water partition coefficient (Wildman–Crippen LogP) is 1.93. The van der Waals surface area contributed by atoms with Crippen molar-refractivity contribution in [2.24, 2.45) is 5.84 Å². The number of nitrogens with zero attached hydrogens (tertiary/aromatic N) is 1. The van der Waals surface area contributed by atoms with Crippen molar-refractivity contribution >= 4 is 21.8 Å². The first-order valence-electron chi connectivity index (χ1n) is 5.45. The first kappa shape index (κ1) is 13.6. The lowest BCUT2D eigenvalue weighted by atomic mass is 10.2. The van der Waals surface area contributed by atoms with E-state index in [1.807, 2.05) is 30.5 Å². The standard InChI is InChI=1S/C12H12BrN3O3/c1-7-2-3-8(13)4-11(7)18-6-9-5-10(16-19-9)12(17)15-14/h2-5H,6,14H2,1H3,(H,15,17). The van der Waals surface area contributed by atoms with Gasteiger partial charge in [0.25, 0.3) is 5.91 Å². The fraction of sp³-hybridized carbons (Fsp3) is 0.167. The molecule has 0 spiro atoms. The molecule has 0 aliphatic carbocycles. The second kappa shape index (κ2) is 5.85. The zero-order valence-corrected chi connectivity index (χ0v) is 11.7. The summed E-state index contributed by atoms with van der Waals surface area (Å²) in [4.78, 5) is 11.2. The molecule has 0 bridgehead atoms. The monoisotopic (exact) mass is 325 g/mol. The van der Waals surface area contributed by atoms with E-state index < -0.39 is 5.91 Å². The maximum Gasteiger partial charge on any atom is 0.287 e. The van der Waals surface area contributed by atoms with Gasteiger partial charge in [0.2, 0.25) is 0 Å². The summed E-state index contributed by atoms with van der Waals surface area (Å²) in [6.07, 6.45) is 0. The fourth-order valence-electron chi connectivity index (χ4n) is 1.44. The second-order valence-electron chi connectivity index (χ2n) is 3.85.